The number of benzene rings is 1. The fourth-order valence-electron chi connectivity index (χ4n) is 3.45. The van der Waals surface area contributed by atoms with Crippen molar-refractivity contribution in [2.45, 2.75) is 71.3 Å². The van der Waals surface area contributed by atoms with E-state index in [0.717, 1.165) is 0 Å². The molecule has 1 heteroatoms. The molecule has 1 N–H and O–H groups in total. The Labute approximate surface area is 125 Å². The Kier molecular flexibility index (Phi) is 6.09. The largest absolute Gasteiger partial charge is 0.309 e. The monoisotopic (exact) mass is 273 g/mol. The Hall–Kier alpha value is -0.820. The first-order valence-electron chi connectivity index (χ1n) is 8.52. The number of hydrogen-bond donors (Lipinski definition) is 1. The van der Waals surface area contributed by atoms with E-state index in [-0.39, 0.29) is 0 Å². The molecule has 1 aliphatic rings. The molecule has 0 radical (unpaired) electrons. The number of hydrogen-bond acceptors (Lipinski definition) is 1. The van der Waals surface area contributed by atoms with Gasteiger partial charge < -0.3 is 5.32 Å². The van der Waals surface area contributed by atoms with E-state index in [9.17, 15) is 0 Å². The molecule has 20 heavy (non-hydrogen) atoms. The van der Waals surface area contributed by atoms with Gasteiger partial charge in [-0.15, -0.1) is 0 Å². The van der Waals surface area contributed by atoms with Crippen LogP contribution in [0.4, 0.5) is 0 Å². The lowest BCUT2D eigenvalue weighted by atomic mass is 9.88. The molecule has 1 saturated carbocycles. The Morgan fingerprint density at radius 2 is 1.80 bits per heavy atom. The lowest BCUT2D eigenvalue weighted by Gasteiger charge is -2.28. The molecule has 0 aliphatic heterocycles. The van der Waals surface area contributed by atoms with Gasteiger partial charge in [0.25, 0.3) is 0 Å². The lowest BCUT2D eigenvalue weighted by Crippen LogP contribution is -2.32. The summed E-state index contributed by atoms with van der Waals surface area (Å²) in [6.07, 6.45) is 10.9. The maximum Gasteiger partial charge on any atom is 0.0320 e. The molecule has 0 amide bonds. The highest BCUT2D eigenvalue weighted by Gasteiger charge is 2.29. The molecule has 1 aromatic rings. The van der Waals surface area contributed by atoms with E-state index in [2.05, 4.69) is 49.5 Å². The van der Waals surface area contributed by atoms with Crippen molar-refractivity contribution >= 4 is 0 Å². The van der Waals surface area contributed by atoms with E-state index in [0.29, 0.717) is 11.5 Å². The molecule has 112 valence electrons. The standard InChI is InChI=1S/C19H31N/c1-3-4-6-13-18(17-11-7-5-8-12-17)20-16-19(2)14-9-10-15-19/h5,7-8,11-12,18,20H,3-4,6,9-10,13-16H2,1-2H3. The maximum atomic E-state index is 3.88. The second-order valence-electron chi connectivity index (χ2n) is 6.86. The van der Waals surface area contributed by atoms with Crippen molar-refractivity contribution in [2.24, 2.45) is 5.41 Å². The Morgan fingerprint density at radius 3 is 2.45 bits per heavy atom. The molecule has 1 unspecified atom stereocenters. The van der Waals surface area contributed by atoms with Gasteiger partial charge in [0.05, 0.1) is 0 Å². The smallest absolute Gasteiger partial charge is 0.0320 e. The molecule has 2 rings (SSSR count). The minimum Gasteiger partial charge on any atom is -0.309 e. The normalized spacial score (nSPS) is 19.1. The zero-order chi connectivity index (χ0) is 14.3. The molecule has 0 bridgehead atoms. The molecule has 1 aromatic carbocycles. The summed E-state index contributed by atoms with van der Waals surface area (Å²) in [5.41, 5.74) is 2.00. The lowest BCUT2D eigenvalue weighted by molar-refractivity contribution is 0.291. The fraction of sp³-hybridized carbons (Fsp3) is 0.684. The van der Waals surface area contributed by atoms with Gasteiger partial charge in [-0.2, -0.15) is 0 Å². The van der Waals surface area contributed by atoms with Gasteiger partial charge in [-0.3, -0.25) is 0 Å². The second-order valence-corrected chi connectivity index (χ2v) is 6.86. The summed E-state index contributed by atoms with van der Waals surface area (Å²) in [5.74, 6) is 0. The van der Waals surface area contributed by atoms with Crippen molar-refractivity contribution in [2.75, 3.05) is 6.54 Å². The minimum absolute atomic E-state index is 0.539. The van der Waals surface area contributed by atoms with Crippen LogP contribution in [0.3, 0.4) is 0 Å². The summed E-state index contributed by atoms with van der Waals surface area (Å²) >= 11 is 0. The minimum atomic E-state index is 0.539. The van der Waals surface area contributed by atoms with Crippen LogP contribution in [-0.4, -0.2) is 6.54 Å². The SMILES string of the molecule is CCCCCC(NCC1(C)CCCC1)c1ccccc1. The van der Waals surface area contributed by atoms with Crippen molar-refractivity contribution in [3.63, 3.8) is 0 Å². The van der Waals surface area contributed by atoms with Gasteiger partial charge in [0.2, 0.25) is 0 Å². The van der Waals surface area contributed by atoms with Gasteiger partial charge in [-0.25, -0.2) is 0 Å². The summed E-state index contributed by atoms with van der Waals surface area (Å²) in [7, 11) is 0. The summed E-state index contributed by atoms with van der Waals surface area (Å²) in [4.78, 5) is 0. The van der Waals surface area contributed by atoms with Crippen LogP contribution in [0.25, 0.3) is 0 Å². The van der Waals surface area contributed by atoms with Crippen molar-refractivity contribution in [1.29, 1.82) is 0 Å². The van der Waals surface area contributed by atoms with Crippen LogP contribution >= 0.6 is 0 Å². The van der Waals surface area contributed by atoms with Crippen LogP contribution in [0.15, 0.2) is 30.3 Å². The molecule has 1 fully saturated rings. The van der Waals surface area contributed by atoms with Crippen LogP contribution in [-0.2, 0) is 0 Å². The van der Waals surface area contributed by atoms with Crippen LogP contribution in [0, 0.1) is 5.41 Å². The zero-order valence-electron chi connectivity index (χ0n) is 13.3. The molecular formula is C19H31N. The zero-order valence-corrected chi connectivity index (χ0v) is 13.3. The highest BCUT2D eigenvalue weighted by atomic mass is 14.9. The average molecular weight is 273 g/mol. The van der Waals surface area contributed by atoms with Gasteiger partial charge in [0, 0.05) is 12.6 Å². The predicted octanol–water partition coefficient (Wildman–Crippen LogP) is 5.48. The van der Waals surface area contributed by atoms with Crippen molar-refractivity contribution in [1.82, 2.24) is 5.32 Å². The molecule has 1 aliphatic carbocycles. The summed E-state index contributed by atoms with van der Waals surface area (Å²) in [6.45, 7) is 5.92. The second kappa shape index (κ2) is 7.83. The Morgan fingerprint density at radius 1 is 1.10 bits per heavy atom. The number of nitrogens with one attached hydrogen (secondary N) is 1. The Balaban J connectivity index is 1.92. The van der Waals surface area contributed by atoms with E-state index in [1.807, 2.05) is 0 Å². The first-order chi connectivity index (χ1) is 9.73. The van der Waals surface area contributed by atoms with Gasteiger partial charge in [0.1, 0.15) is 0 Å². The Bertz CT molecular complexity index is 365. The quantitative estimate of drug-likeness (QED) is 0.619. The van der Waals surface area contributed by atoms with Crippen molar-refractivity contribution in [3.8, 4) is 0 Å². The molecule has 0 aromatic heterocycles. The van der Waals surface area contributed by atoms with Crippen LogP contribution < -0.4 is 5.32 Å². The van der Waals surface area contributed by atoms with Crippen LogP contribution in [0.2, 0.25) is 0 Å². The van der Waals surface area contributed by atoms with Crippen LogP contribution in [0.5, 0.6) is 0 Å². The molecular weight excluding hydrogens is 242 g/mol. The first-order valence-corrected chi connectivity index (χ1v) is 8.52. The van der Waals surface area contributed by atoms with Gasteiger partial charge in [-0.1, -0.05) is 76.3 Å². The van der Waals surface area contributed by atoms with Gasteiger partial charge in [-0.05, 0) is 30.2 Å². The third-order valence-electron chi connectivity index (χ3n) is 4.88. The van der Waals surface area contributed by atoms with Gasteiger partial charge >= 0.3 is 0 Å². The highest BCUT2D eigenvalue weighted by molar-refractivity contribution is 5.18. The number of rotatable bonds is 8. The maximum absolute atomic E-state index is 3.88. The van der Waals surface area contributed by atoms with E-state index >= 15 is 0 Å². The average Bonchev–Trinajstić information content (AvgIpc) is 2.91. The molecule has 0 heterocycles. The molecule has 0 spiro atoms. The van der Waals surface area contributed by atoms with E-state index in [4.69, 9.17) is 0 Å². The summed E-state index contributed by atoms with van der Waals surface area (Å²) in [5, 5.41) is 3.88. The summed E-state index contributed by atoms with van der Waals surface area (Å²) < 4.78 is 0. The van der Waals surface area contributed by atoms with Crippen molar-refractivity contribution < 1.29 is 0 Å². The first kappa shape index (κ1) is 15.6. The van der Waals surface area contributed by atoms with E-state index in [1.54, 1.807) is 0 Å². The highest BCUT2D eigenvalue weighted by Crippen LogP contribution is 2.37. The third-order valence-corrected chi connectivity index (χ3v) is 4.88. The van der Waals surface area contributed by atoms with Crippen molar-refractivity contribution in [3.05, 3.63) is 35.9 Å². The topological polar surface area (TPSA) is 12.0 Å². The molecule has 1 nitrogen and oxygen atoms in total. The van der Waals surface area contributed by atoms with E-state index in [1.165, 1.54) is 63.5 Å². The van der Waals surface area contributed by atoms with Crippen LogP contribution in [0.1, 0.15) is 76.8 Å². The third kappa shape index (κ3) is 4.63. The fourth-order valence-corrected chi connectivity index (χ4v) is 3.45. The molecule has 0 saturated heterocycles. The van der Waals surface area contributed by atoms with Gasteiger partial charge in [0.15, 0.2) is 0 Å². The predicted molar refractivity (Wildman–Crippen MR) is 87.9 cm³/mol. The molecule has 1 atom stereocenters. The summed E-state index contributed by atoms with van der Waals surface area (Å²) in [6, 6.07) is 11.6. The van der Waals surface area contributed by atoms with E-state index < -0.39 is 0 Å². The number of unbranched alkanes of at least 4 members (excludes halogenated alkanes) is 2.